The number of halogens is 2. The van der Waals surface area contributed by atoms with Crippen LogP contribution < -0.4 is 5.73 Å². The average molecular weight is 229 g/mol. The second kappa shape index (κ2) is 6.04. The van der Waals surface area contributed by atoms with E-state index in [1.807, 2.05) is 0 Å². The van der Waals surface area contributed by atoms with Crippen LogP contribution in [0.1, 0.15) is 12.8 Å². The summed E-state index contributed by atoms with van der Waals surface area (Å²) in [6.45, 7) is 4.09. The second-order valence-corrected chi connectivity index (χ2v) is 3.56. The van der Waals surface area contributed by atoms with Crippen LogP contribution in [-0.4, -0.2) is 43.3 Å². The first-order valence-corrected chi connectivity index (χ1v) is 4.43. The number of nitrogens with two attached hydrogens (primary N) is 1. The molecule has 2 heterocycles. The van der Waals surface area contributed by atoms with Crippen molar-refractivity contribution in [3.8, 4) is 0 Å². The van der Waals surface area contributed by atoms with Gasteiger partial charge in [0.25, 0.3) is 0 Å². The molecule has 0 unspecified atom stereocenters. The number of hydrogen-bond donors (Lipinski definition) is 1. The van der Waals surface area contributed by atoms with Crippen molar-refractivity contribution >= 4 is 24.8 Å². The maximum atomic E-state index is 5.70. The van der Waals surface area contributed by atoms with Crippen LogP contribution in [0.4, 0.5) is 0 Å². The van der Waals surface area contributed by atoms with Gasteiger partial charge in [-0.15, -0.1) is 24.8 Å². The first kappa shape index (κ1) is 13.5. The SMILES string of the molecule is Cl.Cl.NC1CN(C2CCOCC2)C1. The zero-order chi connectivity index (χ0) is 7.68. The summed E-state index contributed by atoms with van der Waals surface area (Å²) in [6, 6.07) is 1.21. The molecule has 2 saturated heterocycles. The van der Waals surface area contributed by atoms with E-state index in [0.29, 0.717) is 6.04 Å². The van der Waals surface area contributed by atoms with E-state index in [1.165, 1.54) is 12.8 Å². The van der Waals surface area contributed by atoms with Gasteiger partial charge in [0.1, 0.15) is 0 Å². The Hall–Kier alpha value is 0.460. The zero-order valence-corrected chi connectivity index (χ0v) is 9.28. The molecule has 2 N–H and O–H groups in total. The van der Waals surface area contributed by atoms with Crippen molar-refractivity contribution in [3.05, 3.63) is 0 Å². The maximum Gasteiger partial charge on any atom is 0.0480 e. The molecule has 0 amide bonds. The van der Waals surface area contributed by atoms with E-state index in [9.17, 15) is 0 Å². The van der Waals surface area contributed by atoms with E-state index >= 15 is 0 Å². The monoisotopic (exact) mass is 228 g/mol. The van der Waals surface area contributed by atoms with Crippen LogP contribution in [-0.2, 0) is 4.74 Å². The van der Waals surface area contributed by atoms with Crippen molar-refractivity contribution in [2.45, 2.75) is 24.9 Å². The van der Waals surface area contributed by atoms with Crippen LogP contribution in [0.2, 0.25) is 0 Å². The van der Waals surface area contributed by atoms with Crippen molar-refractivity contribution in [1.29, 1.82) is 0 Å². The summed E-state index contributed by atoms with van der Waals surface area (Å²) in [6.07, 6.45) is 2.40. The Morgan fingerprint density at radius 2 is 1.62 bits per heavy atom. The predicted octanol–water partition coefficient (Wildman–Crippen LogP) is 0.652. The molecule has 2 rings (SSSR count). The van der Waals surface area contributed by atoms with E-state index in [0.717, 1.165) is 32.3 Å². The molecule has 2 fully saturated rings. The third-order valence-electron chi connectivity index (χ3n) is 2.65. The molecule has 0 aromatic rings. The molecule has 0 bridgehead atoms. The van der Waals surface area contributed by atoms with E-state index in [-0.39, 0.29) is 24.8 Å². The van der Waals surface area contributed by atoms with Gasteiger partial charge in [-0.2, -0.15) is 0 Å². The largest absolute Gasteiger partial charge is 0.381 e. The van der Waals surface area contributed by atoms with Gasteiger partial charge in [0.15, 0.2) is 0 Å². The number of hydrogen-bond acceptors (Lipinski definition) is 3. The van der Waals surface area contributed by atoms with Crippen LogP contribution >= 0.6 is 24.8 Å². The zero-order valence-electron chi connectivity index (χ0n) is 7.65. The van der Waals surface area contributed by atoms with Crippen LogP contribution in [0.25, 0.3) is 0 Å². The van der Waals surface area contributed by atoms with Gasteiger partial charge in [-0.05, 0) is 12.8 Å². The second-order valence-electron chi connectivity index (χ2n) is 3.56. The molecule has 80 valence electrons. The normalized spacial score (nSPS) is 25.6. The van der Waals surface area contributed by atoms with E-state index in [1.54, 1.807) is 0 Å². The van der Waals surface area contributed by atoms with E-state index in [2.05, 4.69) is 4.90 Å². The topological polar surface area (TPSA) is 38.5 Å². The van der Waals surface area contributed by atoms with Crippen molar-refractivity contribution in [1.82, 2.24) is 4.90 Å². The Bertz CT molecular complexity index is 136. The summed E-state index contributed by atoms with van der Waals surface area (Å²) >= 11 is 0. The van der Waals surface area contributed by atoms with Crippen LogP contribution in [0.15, 0.2) is 0 Å². The van der Waals surface area contributed by atoms with Gasteiger partial charge >= 0.3 is 0 Å². The molecule has 2 aliphatic rings. The van der Waals surface area contributed by atoms with Crippen molar-refractivity contribution in [2.75, 3.05) is 26.3 Å². The lowest BCUT2D eigenvalue weighted by molar-refractivity contribution is 0.00298. The highest BCUT2D eigenvalue weighted by Crippen LogP contribution is 2.19. The highest BCUT2D eigenvalue weighted by atomic mass is 35.5. The molecule has 0 saturated carbocycles. The molecule has 2 aliphatic heterocycles. The van der Waals surface area contributed by atoms with Gasteiger partial charge in [-0.25, -0.2) is 0 Å². The van der Waals surface area contributed by atoms with Gasteiger partial charge in [0.2, 0.25) is 0 Å². The summed E-state index contributed by atoms with van der Waals surface area (Å²) in [4.78, 5) is 2.48. The number of rotatable bonds is 1. The summed E-state index contributed by atoms with van der Waals surface area (Å²) in [5, 5.41) is 0. The molecule has 0 radical (unpaired) electrons. The van der Waals surface area contributed by atoms with Gasteiger partial charge in [0.05, 0.1) is 0 Å². The number of nitrogens with zero attached hydrogens (tertiary/aromatic N) is 1. The third-order valence-corrected chi connectivity index (χ3v) is 2.65. The quantitative estimate of drug-likeness (QED) is 0.717. The molecule has 0 aromatic carbocycles. The molecular formula is C8H18Cl2N2O. The van der Waals surface area contributed by atoms with Gasteiger partial charge < -0.3 is 10.5 Å². The molecule has 5 heteroatoms. The predicted molar refractivity (Wildman–Crippen MR) is 57.9 cm³/mol. The Labute approximate surface area is 91.8 Å². The van der Waals surface area contributed by atoms with Crippen molar-refractivity contribution in [3.63, 3.8) is 0 Å². The third kappa shape index (κ3) is 3.26. The molecule has 0 atom stereocenters. The Kier molecular flexibility index (Phi) is 6.25. The minimum Gasteiger partial charge on any atom is -0.381 e. The average Bonchev–Trinajstić information content (AvgIpc) is 2.01. The fraction of sp³-hybridized carbons (Fsp3) is 1.00. The highest BCUT2D eigenvalue weighted by molar-refractivity contribution is 5.85. The molecule has 0 aliphatic carbocycles. The number of likely N-dealkylation sites (tertiary alicyclic amines) is 1. The molecule has 0 spiro atoms. The maximum absolute atomic E-state index is 5.70. The van der Waals surface area contributed by atoms with Gasteiger partial charge in [0, 0.05) is 38.4 Å². The van der Waals surface area contributed by atoms with E-state index in [4.69, 9.17) is 10.5 Å². The molecule has 0 aromatic heterocycles. The Balaban J connectivity index is 0.000000720. The van der Waals surface area contributed by atoms with Crippen molar-refractivity contribution < 1.29 is 4.74 Å². The van der Waals surface area contributed by atoms with Gasteiger partial charge in [-0.3, -0.25) is 4.90 Å². The van der Waals surface area contributed by atoms with Crippen molar-refractivity contribution in [2.24, 2.45) is 5.73 Å². The van der Waals surface area contributed by atoms with E-state index < -0.39 is 0 Å². The summed E-state index contributed by atoms with van der Waals surface area (Å²) in [5.74, 6) is 0. The lowest BCUT2D eigenvalue weighted by Crippen LogP contribution is -2.60. The molecular weight excluding hydrogens is 211 g/mol. The minimum absolute atomic E-state index is 0. The van der Waals surface area contributed by atoms with Crippen LogP contribution in [0.5, 0.6) is 0 Å². The first-order chi connectivity index (χ1) is 5.36. The Morgan fingerprint density at radius 3 is 2.08 bits per heavy atom. The Morgan fingerprint density at radius 1 is 1.08 bits per heavy atom. The van der Waals surface area contributed by atoms with Crippen LogP contribution in [0, 0.1) is 0 Å². The molecule has 13 heavy (non-hydrogen) atoms. The fourth-order valence-electron chi connectivity index (χ4n) is 1.90. The highest BCUT2D eigenvalue weighted by Gasteiger charge is 2.30. The molecule has 3 nitrogen and oxygen atoms in total. The lowest BCUT2D eigenvalue weighted by Gasteiger charge is -2.44. The smallest absolute Gasteiger partial charge is 0.0480 e. The summed E-state index contributed by atoms with van der Waals surface area (Å²) in [5.41, 5.74) is 5.70. The first-order valence-electron chi connectivity index (χ1n) is 4.43. The summed E-state index contributed by atoms with van der Waals surface area (Å²) < 4.78 is 5.29. The van der Waals surface area contributed by atoms with Crippen LogP contribution in [0.3, 0.4) is 0 Å². The summed E-state index contributed by atoms with van der Waals surface area (Å²) in [7, 11) is 0. The minimum atomic E-state index is 0. The fourth-order valence-corrected chi connectivity index (χ4v) is 1.90. The lowest BCUT2D eigenvalue weighted by atomic mass is 10.0. The standard InChI is InChI=1S/C8H16N2O.2ClH/c9-7-5-10(6-7)8-1-3-11-4-2-8;;/h7-8H,1-6,9H2;2*1H. The van der Waals surface area contributed by atoms with Gasteiger partial charge in [-0.1, -0.05) is 0 Å². The number of ether oxygens (including phenoxy) is 1.